The third-order valence-electron chi connectivity index (χ3n) is 7.42. The summed E-state index contributed by atoms with van der Waals surface area (Å²) in [4.78, 5) is 35.8. The number of carbonyl (C=O) groups is 2. The van der Waals surface area contributed by atoms with E-state index >= 15 is 0 Å². The number of rotatable bonds is 7. The number of carbonyl (C=O) groups excluding carboxylic acids is 2. The van der Waals surface area contributed by atoms with Crippen molar-refractivity contribution in [1.82, 2.24) is 29.9 Å². The molecule has 4 heterocycles. The van der Waals surface area contributed by atoms with Crippen molar-refractivity contribution < 1.29 is 14.3 Å². The number of thiophene rings is 1. The standard InChI is InChI=1S/C30H38ClN7O3S/c1-18-19(2)42-28-25(18)26(21-8-10-22(31)11-9-21)33-23(27-35-34-20(3)38(27)28)16-24(39)32-12-7-13-36-14-15-37(17-36)29(40)41-30(4,5)6/h8-11,23H,7,12-17H2,1-6H3,(H,32,39). The first-order chi connectivity index (χ1) is 19.9. The Bertz CT molecular complexity index is 1510. The predicted octanol–water partition coefficient (Wildman–Crippen LogP) is 5.21. The lowest BCUT2D eigenvalue weighted by molar-refractivity contribution is -0.121. The van der Waals surface area contributed by atoms with E-state index in [1.165, 1.54) is 4.88 Å². The summed E-state index contributed by atoms with van der Waals surface area (Å²) in [5.74, 6) is 1.33. The monoisotopic (exact) mass is 611 g/mol. The highest BCUT2D eigenvalue weighted by molar-refractivity contribution is 7.15. The van der Waals surface area contributed by atoms with E-state index in [-0.39, 0.29) is 18.4 Å². The number of aryl methyl sites for hydroxylation is 2. The zero-order valence-corrected chi connectivity index (χ0v) is 26.6. The molecule has 2 aliphatic rings. The van der Waals surface area contributed by atoms with Gasteiger partial charge in [0.25, 0.3) is 0 Å². The molecule has 1 N–H and O–H groups in total. The zero-order chi connectivity index (χ0) is 30.2. The first kappa shape index (κ1) is 30.2. The molecule has 5 rings (SSSR count). The van der Waals surface area contributed by atoms with Crippen molar-refractivity contribution >= 4 is 40.6 Å². The molecule has 0 aliphatic carbocycles. The van der Waals surface area contributed by atoms with Crippen molar-refractivity contribution in [2.75, 3.05) is 32.8 Å². The van der Waals surface area contributed by atoms with Gasteiger partial charge in [-0.05, 0) is 65.7 Å². The largest absolute Gasteiger partial charge is 0.444 e. The van der Waals surface area contributed by atoms with Gasteiger partial charge < -0.3 is 10.1 Å². The van der Waals surface area contributed by atoms with Gasteiger partial charge in [-0.3, -0.25) is 24.2 Å². The van der Waals surface area contributed by atoms with Crippen LogP contribution in [0.15, 0.2) is 29.3 Å². The maximum absolute atomic E-state index is 13.2. The molecule has 1 atom stereocenters. The fourth-order valence-electron chi connectivity index (χ4n) is 5.21. The van der Waals surface area contributed by atoms with Crippen LogP contribution in [0.3, 0.4) is 0 Å². The first-order valence-corrected chi connectivity index (χ1v) is 15.4. The van der Waals surface area contributed by atoms with Gasteiger partial charge in [-0.2, -0.15) is 0 Å². The SMILES string of the molecule is Cc1sc2c(c1C)C(c1ccc(Cl)cc1)=NC(CC(=O)NCCCN1CCN(C(=O)OC(C)(C)C)C1)c1nnc(C)n1-2. The quantitative estimate of drug-likeness (QED) is 0.368. The first-order valence-electron chi connectivity index (χ1n) is 14.2. The van der Waals surface area contributed by atoms with Gasteiger partial charge in [-0.1, -0.05) is 23.7 Å². The molecule has 10 nitrogen and oxygen atoms in total. The van der Waals surface area contributed by atoms with Gasteiger partial charge in [-0.15, -0.1) is 21.5 Å². The second kappa shape index (κ2) is 12.1. The maximum atomic E-state index is 13.2. The summed E-state index contributed by atoms with van der Waals surface area (Å²) in [6, 6.07) is 7.15. The summed E-state index contributed by atoms with van der Waals surface area (Å²) in [6.07, 6.45) is 0.629. The Kier molecular flexibility index (Phi) is 8.73. The molecule has 2 amide bonds. The van der Waals surface area contributed by atoms with Crippen LogP contribution in [0.5, 0.6) is 0 Å². The molecule has 2 aromatic heterocycles. The summed E-state index contributed by atoms with van der Waals surface area (Å²) in [5.41, 5.74) is 3.45. The van der Waals surface area contributed by atoms with Gasteiger partial charge in [0.05, 0.1) is 18.8 Å². The Labute approximate surface area is 255 Å². The molecule has 0 bridgehead atoms. The van der Waals surface area contributed by atoms with Crippen LogP contribution in [0, 0.1) is 20.8 Å². The predicted molar refractivity (Wildman–Crippen MR) is 165 cm³/mol. The number of halogens is 1. The normalized spacial score (nSPS) is 17.0. The highest BCUT2D eigenvalue weighted by Crippen LogP contribution is 2.39. The fourth-order valence-corrected chi connectivity index (χ4v) is 6.55. The molecule has 1 saturated heterocycles. The van der Waals surface area contributed by atoms with Crippen molar-refractivity contribution in [3.63, 3.8) is 0 Å². The van der Waals surface area contributed by atoms with E-state index in [4.69, 9.17) is 21.3 Å². The number of ether oxygens (including phenoxy) is 1. The van der Waals surface area contributed by atoms with E-state index in [0.29, 0.717) is 30.6 Å². The van der Waals surface area contributed by atoms with Gasteiger partial charge in [0, 0.05) is 47.2 Å². The molecule has 2 aliphatic heterocycles. The number of hydrogen-bond acceptors (Lipinski definition) is 8. The fraction of sp³-hybridized carbons (Fsp3) is 0.500. The highest BCUT2D eigenvalue weighted by Gasteiger charge is 2.32. The number of fused-ring (bicyclic) bond motifs is 3. The average molecular weight is 612 g/mol. The van der Waals surface area contributed by atoms with Crippen molar-refractivity contribution in [2.24, 2.45) is 4.99 Å². The molecule has 3 aromatic rings. The molecule has 0 saturated carbocycles. The summed E-state index contributed by atoms with van der Waals surface area (Å²) < 4.78 is 7.53. The molecule has 0 radical (unpaired) electrons. The molecule has 1 fully saturated rings. The lowest BCUT2D eigenvalue weighted by atomic mass is 9.99. The van der Waals surface area contributed by atoms with Crippen LogP contribution >= 0.6 is 22.9 Å². The Morgan fingerprint density at radius 2 is 1.86 bits per heavy atom. The van der Waals surface area contributed by atoms with Gasteiger partial charge in [0.15, 0.2) is 5.82 Å². The minimum Gasteiger partial charge on any atom is -0.444 e. The van der Waals surface area contributed by atoms with Crippen molar-refractivity contribution in [3.8, 4) is 5.00 Å². The average Bonchev–Trinajstić information content (AvgIpc) is 3.60. The second-order valence-electron chi connectivity index (χ2n) is 11.8. The number of hydrogen-bond donors (Lipinski definition) is 1. The van der Waals surface area contributed by atoms with Gasteiger partial charge in [-0.25, -0.2) is 4.79 Å². The summed E-state index contributed by atoms with van der Waals surface area (Å²) in [7, 11) is 0. The van der Waals surface area contributed by atoms with Crippen LogP contribution in [0.2, 0.25) is 5.02 Å². The van der Waals surface area contributed by atoms with Crippen molar-refractivity contribution in [3.05, 3.63) is 62.5 Å². The van der Waals surface area contributed by atoms with E-state index in [9.17, 15) is 9.59 Å². The van der Waals surface area contributed by atoms with Crippen LogP contribution in [0.4, 0.5) is 4.79 Å². The van der Waals surface area contributed by atoms with Crippen molar-refractivity contribution in [1.29, 1.82) is 0 Å². The molecule has 1 aromatic carbocycles. The smallest absolute Gasteiger partial charge is 0.411 e. The number of nitrogens with one attached hydrogen (secondary N) is 1. The van der Waals surface area contributed by atoms with Crippen molar-refractivity contribution in [2.45, 2.75) is 66.0 Å². The Balaban J connectivity index is 1.26. The van der Waals surface area contributed by atoms with E-state index in [2.05, 4.69) is 34.3 Å². The summed E-state index contributed by atoms with van der Waals surface area (Å²) in [5, 5.41) is 13.6. The van der Waals surface area contributed by atoms with Crippen LogP contribution in [-0.4, -0.2) is 80.7 Å². The van der Waals surface area contributed by atoms with Crippen LogP contribution < -0.4 is 5.32 Å². The van der Waals surface area contributed by atoms with E-state index in [0.717, 1.165) is 52.7 Å². The molecule has 0 spiro atoms. The minimum atomic E-state index is -0.513. The van der Waals surface area contributed by atoms with Crippen LogP contribution in [0.25, 0.3) is 5.00 Å². The number of nitrogens with zero attached hydrogens (tertiary/aromatic N) is 6. The highest BCUT2D eigenvalue weighted by atomic mass is 35.5. The zero-order valence-electron chi connectivity index (χ0n) is 25.0. The molecular formula is C30H38ClN7O3S. The molecule has 42 heavy (non-hydrogen) atoms. The lowest BCUT2D eigenvalue weighted by Crippen LogP contribution is -2.37. The number of benzene rings is 1. The van der Waals surface area contributed by atoms with Crippen LogP contribution in [0.1, 0.15) is 72.9 Å². The van der Waals surface area contributed by atoms with Gasteiger partial charge in [0.2, 0.25) is 5.91 Å². The second-order valence-corrected chi connectivity index (χ2v) is 13.5. The summed E-state index contributed by atoms with van der Waals surface area (Å²) >= 11 is 7.88. The molecular weight excluding hydrogens is 574 g/mol. The molecule has 1 unspecified atom stereocenters. The van der Waals surface area contributed by atoms with Gasteiger partial charge in [0.1, 0.15) is 22.5 Å². The maximum Gasteiger partial charge on any atom is 0.411 e. The third kappa shape index (κ3) is 6.53. The molecule has 224 valence electrons. The third-order valence-corrected chi connectivity index (χ3v) is 8.86. The molecule has 12 heteroatoms. The Morgan fingerprint density at radius 1 is 1.12 bits per heavy atom. The number of amides is 2. The number of aromatic nitrogens is 3. The number of aliphatic imine (C=N–C) groups is 1. The lowest BCUT2D eigenvalue weighted by Gasteiger charge is -2.24. The van der Waals surface area contributed by atoms with Gasteiger partial charge >= 0.3 is 6.09 Å². The van der Waals surface area contributed by atoms with Crippen LogP contribution in [-0.2, 0) is 9.53 Å². The van der Waals surface area contributed by atoms with E-state index in [1.54, 1.807) is 16.2 Å². The topological polar surface area (TPSA) is 105 Å². The Hall–Kier alpha value is -3.28. The minimum absolute atomic E-state index is 0.0960. The van der Waals surface area contributed by atoms with E-state index in [1.807, 2.05) is 56.5 Å². The Morgan fingerprint density at radius 3 is 2.57 bits per heavy atom. The summed E-state index contributed by atoms with van der Waals surface area (Å²) in [6.45, 7) is 15.0. The van der Waals surface area contributed by atoms with E-state index < -0.39 is 11.6 Å².